The van der Waals surface area contributed by atoms with Crippen LogP contribution in [0.15, 0.2) is 22.7 Å². The zero-order valence-electron chi connectivity index (χ0n) is 10.0. The first-order chi connectivity index (χ1) is 8.28. The number of rotatable bonds is 3. The molecule has 0 aromatic heterocycles. The van der Waals surface area contributed by atoms with Crippen molar-refractivity contribution in [2.75, 3.05) is 6.54 Å². The minimum atomic E-state index is 0.567. The van der Waals surface area contributed by atoms with E-state index in [1.165, 1.54) is 43.1 Å². The molecular formula is C15H18BrN. The van der Waals surface area contributed by atoms with Crippen LogP contribution < -0.4 is 5.32 Å². The monoisotopic (exact) mass is 291 g/mol. The van der Waals surface area contributed by atoms with E-state index >= 15 is 0 Å². The lowest BCUT2D eigenvalue weighted by Gasteiger charge is -2.12. The van der Waals surface area contributed by atoms with E-state index in [1.54, 1.807) is 11.1 Å². The van der Waals surface area contributed by atoms with Crippen LogP contribution in [0.25, 0.3) is 0 Å². The molecule has 1 spiro atoms. The number of halogens is 1. The van der Waals surface area contributed by atoms with Gasteiger partial charge in [0.2, 0.25) is 0 Å². The Labute approximate surface area is 111 Å². The second-order valence-corrected chi connectivity index (χ2v) is 6.96. The molecule has 0 aliphatic heterocycles. The molecule has 0 heterocycles. The van der Waals surface area contributed by atoms with Crippen LogP contribution in [0, 0.1) is 5.92 Å². The van der Waals surface area contributed by atoms with Gasteiger partial charge in [-0.3, -0.25) is 0 Å². The molecule has 0 amide bonds. The Morgan fingerprint density at radius 1 is 1.35 bits per heavy atom. The van der Waals surface area contributed by atoms with Gasteiger partial charge in [0.1, 0.15) is 0 Å². The maximum Gasteiger partial charge on any atom is 0.0178 e. The molecule has 2 saturated carbocycles. The number of benzene rings is 1. The predicted molar refractivity (Wildman–Crippen MR) is 73.3 cm³/mol. The number of hydrogen-bond donors (Lipinski definition) is 1. The fraction of sp³-hybridized carbons (Fsp3) is 0.600. The Bertz CT molecular complexity index is 466. The van der Waals surface area contributed by atoms with Gasteiger partial charge in [-0.05, 0) is 67.8 Å². The molecule has 1 aromatic carbocycles. The average Bonchev–Trinajstić information content (AvgIpc) is 3.18. The normalized spacial score (nSPS) is 34.1. The molecule has 4 rings (SSSR count). The van der Waals surface area contributed by atoms with Gasteiger partial charge in [0.15, 0.2) is 0 Å². The molecule has 3 aliphatic carbocycles. The number of aryl methyl sites for hydroxylation is 1. The van der Waals surface area contributed by atoms with Gasteiger partial charge in [0.05, 0.1) is 0 Å². The summed E-state index contributed by atoms with van der Waals surface area (Å²) in [5.41, 5.74) is 3.81. The molecule has 17 heavy (non-hydrogen) atoms. The summed E-state index contributed by atoms with van der Waals surface area (Å²) in [7, 11) is 0. The van der Waals surface area contributed by atoms with Crippen LogP contribution in [0.3, 0.4) is 0 Å². The first-order valence-electron chi connectivity index (χ1n) is 6.80. The lowest BCUT2D eigenvalue weighted by Crippen LogP contribution is -2.22. The predicted octanol–water partition coefficient (Wildman–Crippen LogP) is 3.41. The Hall–Kier alpha value is -0.340. The summed E-state index contributed by atoms with van der Waals surface area (Å²) in [6.45, 7) is 1.25. The largest absolute Gasteiger partial charge is 0.314 e. The highest BCUT2D eigenvalue weighted by Gasteiger charge is 2.57. The van der Waals surface area contributed by atoms with E-state index in [-0.39, 0.29) is 0 Å². The highest BCUT2D eigenvalue weighted by atomic mass is 79.9. The first kappa shape index (κ1) is 10.6. The highest BCUT2D eigenvalue weighted by Crippen LogP contribution is 2.61. The van der Waals surface area contributed by atoms with Crippen molar-refractivity contribution >= 4 is 15.9 Å². The van der Waals surface area contributed by atoms with Crippen LogP contribution >= 0.6 is 15.9 Å². The van der Waals surface area contributed by atoms with Crippen LogP contribution in [-0.4, -0.2) is 12.6 Å². The third-order valence-corrected chi connectivity index (χ3v) is 5.40. The van der Waals surface area contributed by atoms with Crippen molar-refractivity contribution in [3.63, 3.8) is 0 Å². The van der Waals surface area contributed by atoms with Crippen molar-refractivity contribution in [2.45, 2.75) is 43.6 Å². The van der Waals surface area contributed by atoms with Gasteiger partial charge in [-0.25, -0.2) is 0 Å². The fourth-order valence-corrected chi connectivity index (χ4v) is 4.04. The molecule has 0 saturated heterocycles. The average molecular weight is 292 g/mol. The number of nitrogens with one attached hydrogen (secondary N) is 1. The maximum atomic E-state index is 3.70. The zero-order valence-corrected chi connectivity index (χ0v) is 11.6. The Kier molecular flexibility index (Phi) is 2.23. The van der Waals surface area contributed by atoms with Gasteiger partial charge in [-0.15, -0.1) is 0 Å². The molecule has 2 fully saturated rings. The van der Waals surface area contributed by atoms with Crippen LogP contribution in [0.1, 0.15) is 36.8 Å². The van der Waals surface area contributed by atoms with Crippen LogP contribution in [0.5, 0.6) is 0 Å². The summed E-state index contributed by atoms with van der Waals surface area (Å²) in [6, 6.07) is 7.77. The molecule has 2 atom stereocenters. The molecule has 90 valence electrons. The lowest BCUT2D eigenvalue weighted by molar-refractivity contribution is 0.546. The third kappa shape index (κ3) is 1.68. The van der Waals surface area contributed by atoms with E-state index in [0.717, 1.165) is 12.0 Å². The minimum absolute atomic E-state index is 0.567. The van der Waals surface area contributed by atoms with Crippen molar-refractivity contribution in [1.29, 1.82) is 0 Å². The van der Waals surface area contributed by atoms with Crippen molar-refractivity contribution in [3.8, 4) is 0 Å². The Morgan fingerprint density at radius 3 is 3.06 bits per heavy atom. The molecule has 2 heteroatoms. The van der Waals surface area contributed by atoms with Gasteiger partial charge in [-0.2, -0.15) is 0 Å². The van der Waals surface area contributed by atoms with Gasteiger partial charge >= 0.3 is 0 Å². The highest BCUT2D eigenvalue weighted by molar-refractivity contribution is 9.10. The molecule has 2 unspecified atom stereocenters. The zero-order chi connectivity index (χ0) is 11.5. The molecule has 0 bridgehead atoms. The summed E-state index contributed by atoms with van der Waals surface area (Å²) in [6.07, 6.45) is 6.90. The van der Waals surface area contributed by atoms with E-state index in [9.17, 15) is 0 Å². The quantitative estimate of drug-likeness (QED) is 0.900. The first-order valence-corrected chi connectivity index (χ1v) is 7.59. The van der Waals surface area contributed by atoms with Crippen molar-refractivity contribution in [2.24, 2.45) is 5.92 Å². The standard InChI is InChI=1S/C15H18BrN/c16-12-1-4-14-10(7-12)5-6-15(14)8-11(15)9-17-13-2-3-13/h1,4,7,11,13,17H,2-3,5-6,8-9H2. The maximum absolute atomic E-state index is 3.70. The van der Waals surface area contributed by atoms with E-state index in [4.69, 9.17) is 0 Å². The fourth-order valence-electron chi connectivity index (χ4n) is 3.63. The van der Waals surface area contributed by atoms with Gasteiger partial charge in [0.25, 0.3) is 0 Å². The molecule has 0 radical (unpaired) electrons. The van der Waals surface area contributed by atoms with Crippen molar-refractivity contribution < 1.29 is 0 Å². The molecule has 1 nitrogen and oxygen atoms in total. The van der Waals surface area contributed by atoms with Crippen molar-refractivity contribution in [1.82, 2.24) is 5.32 Å². The van der Waals surface area contributed by atoms with E-state index in [1.807, 2.05) is 0 Å². The summed E-state index contributed by atoms with van der Waals surface area (Å²) < 4.78 is 1.24. The van der Waals surface area contributed by atoms with E-state index < -0.39 is 0 Å². The van der Waals surface area contributed by atoms with Gasteiger partial charge in [-0.1, -0.05) is 22.0 Å². The van der Waals surface area contributed by atoms with Gasteiger partial charge < -0.3 is 5.32 Å². The van der Waals surface area contributed by atoms with E-state index in [0.29, 0.717) is 5.41 Å². The molecular weight excluding hydrogens is 274 g/mol. The SMILES string of the molecule is Brc1ccc2c(c1)CCC21CC1CNC1CC1. The summed E-state index contributed by atoms with van der Waals surface area (Å²) in [5, 5.41) is 3.70. The summed E-state index contributed by atoms with van der Waals surface area (Å²) in [5.74, 6) is 0.908. The third-order valence-electron chi connectivity index (χ3n) is 4.91. The summed E-state index contributed by atoms with van der Waals surface area (Å²) in [4.78, 5) is 0. The second kappa shape index (κ2) is 3.58. The second-order valence-electron chi connectivity index (χ2n) is 6.04. The minimum Gasteiger partial charge on any atom is -0.314 e. The topological polar surface area (TPSA) is 12.0 Å². The van der Waals surface area contributed by atoms with Crippen LogP contribution in [-0.2, 0) is 11.8 Å². The van der Waals surface area contributed by atoms with Gasteiger partial charge in [0, 0.05) is 15.9 Å². The lowest BCUT2D eigenvalue weighted by atomic mass is 9.95. The Balaban J connectivity index is 1.54. The Morgan fingerprint density at radius 2 is 2.24 bits per heavy atom. The number of fused-ring (bicyclic) bond motifs is 2. The van der Waals surface area contributed by atoms with Crippen LogP contribution in [0.4, 0.5) is 0 Å². The molecule has 1 aromatic rings. The number of hydrogen-bond acceptors (Lipinski definition) is 1. The summed E-state index contributed by atoms with van der Waals surface area (Å²) >= 11 is 3.58. The molecule has 3 aliphatic rings. The molecule has 1 N–H and O–H groups in total. The van der Waals surface area contributed by atoms with E-state index in [2.05, 4.69) is 39.4 Å². The van der Waals surface area contributed by atoms with Crippen molar-refractivity contribution in [3.05, 3.63) is 33.8 Å². The van der Waals surface area contributed by atoms with Crippen LogP contribution in [0.2, 0.25) is 0 Å². The smallest absolute Gasteiger partial charge is 0.0178 e.